The molecule has 4 fully saturated rings. The molecule has 0 aromatic carbocycles. The second-order valence-electron chi connectivity index (χ2n) is 11.6. The predicted molar refractivity (Wildman–Crippen MR) is 143 cm³/mol. The second-order valence-corrected chi connectivity index (χ2v) is 11.6. The summed E-state index contributed by atoms with van der Waals surface area (Å²) in [6, 6.07) is 4.90. The van der Waals surface area contributed by atoms with E-state index in [-0.39, 0.29) is 6.04 Å². The molecule has 4 aliphatic rings. The van der Waals surface area contributed by atoms with Crippen LogP contribution in [0.1, 0.15) is 57.2 Å². The molecule has 9 heteroatoms. The van der Waals surface area contributed by atoms with Crippen molar-refractivity contribution in [2.75, 3.05) is 42.5 Å². The van der Waals surface area contributed by atoms with Crippen molar-refractivity contribution in [2.24, 2.45) is 17.8 Å². The predicted octanol–water partition coefficient (Wildman–Crippen LogP) is 3.55. The summed E-state index contributed by atoms with van der Waals surface area (Å²) in [6.07, 6.45) is 15.7. The van der Waals surface area contributed by atoms with E-state index >= 15 is 0 Å². The van der Waals surface area contributed by atoms with Crippen molar-refractivity contribution in [1.82, 2.24) is 35.3 Å². The monoisotopic (exact) mass is 499 g/mol. The van der Waals surface area contributed by atoms with Crippen LogP contribution >= 0.6 is 0 Å². The highest BCUT2D eigenvalue weighted by atomic mass is 15.4. The van der Waals surface area contributed by atoms with Crippen LogP contribution < -0.4 is 15.1 Å². The van der Waals surface area contributed by atoms with Crippen molar-refractivity contribution in [3.63, 3.8) is 0 Å². The van der Waals surface area contributed by atoms with Gasteiger partial charge in [-0.25, -0.2) is 9.67 Å². The summed E-state index contributed by atoms with van der Waals surface area (Å²) in [4.78, 5) is 18.9. The normalized spacial score (nSPS) is 26.1. The Balaban J connectivity index is 0.994. The van der Waals surface area contributed by atoms with Crippen molar-refractivity contribution in [2.45, 2.75) is 57.5 Å². The standard InChI is InChI=1S/C28H37N9/c1-19(25-8-7-24(12-31-25)35-9-3-6-23(17-35)30-11-20-4-2-5-20)37-18-27(33-34-37)26-13-29-14-28(32-26)36-15-21-10-22(21)16-36/h7-8,12-14,18-23,30H,2-6,9-11,15-17H2,1H3/t19?,21?,22?,23-/m1/s1. The number of nitrogens with one attached hydrogen (secondary N) is 1. The summed E-state index contributed by atoms with van der Waals surface area (Å²) in [5, 5.41) is 12.6. The Morgan fingerprint density at radius 1 is 0.973 bits per heavy atom. The molecule has 2 saturated carbocycles. The minimum absolute atomic E-state index is 0.0182. The van der Waals surface area contributed by atoms with Crippen LogP contribution in [0, 0.1) is 17.8 Å². The van der Waals surface area contributed by atoms with E-state index in [2.05, 4.69) is 49.5 Å². The van der Waals surface area contributed by atoms with Crippen LogP contribution in [0.3, 0.4) is 0 Å². The largest absolute Gasteiger partial charge is 0.369 e. The van der Waals surface area contributed by atoms with Crippen LogP contribution in [-0.4, -0.2) is 68.7 Å². The smallest absolute Gasteiger partial charge is 0.147 e. The molecule has 1 N–H and O–H groups in total. The molecule has 0 bridgehead atoms. The average molecular weight is 500 g/mol. The van der Waals surface area contributed by atoms with Crippen LogP contribution in [0.25, 0.3) is 11.4 Å². The topological polar surface area (TPSA) is 87.9 Å². The molecule has 3 aromatic heterocycles. The van der Waals surface area contributed by atoms with E-state index in [0.717, 1.165) is 66.8 Å². The lowest BCUT2D eigenvalue weighted by Gasteiger charge is -2.36. The van der Waals surface area contributed by atoms with Gasteiger partial charge in [-0.1, -0.05) is 11.6 Å². The maximum absolute atomic E-state index is 4.85. The third-order valence-corrected chi connectivity index (χ3v) is 9.00. The minimum atomic E-state index is -0.0182. The molecule has 0 amide bonds. The quantitative estimate of drug-likeness (QED) is 0.504. The van der Waals surface area contributed by atoms with Crippen LogP contribution in [0.4, 0.5) is 11.5 Å². The zero-order chi connectivity index (χ0) is 24.8. The van der Waals surface area contributed by atoms with E-state index < -0.39 is 0 Å². The molecule has 0 radical (unpaired) electrons. The summed E-state index contributed by atoms with van der Waals surface area (Å²) >= 11 is 0. The summed E-state index contributed by atoms with van der Waals surface area (Å²) < 4.78 is 1.87. The molecule has 3 aromatic rings. The zero-order valence-corrected chi connectivity index (χ0v) is 21.7. The highest BCUT2D eigenvalue weighted by Crippen LogP contribution is 2.45. The Kier molecular flexibility index (Phi) is 6.03. The molecule has 5 heterocycles. The van der Waals surface area contributed by atoms with Gasteiger partial charge in [0, 0.05) is 32.2 Å². The zero-order valence-electron chi connectivity index (χ0n) is 21.7. The molecule has 3 unspecified atom stereocenters. The number of rotatable bonds is 8. The fourth-order valence-corrected chi connectivity index (χ4v) is 6.18. The Bertz CT molecular complexity index is 1210. The molecule has 194 valence electrons. The number of aromatic nitrogens is 6. The molecule has 7 rings (SSSR count). The Labute approximate surface area is 218 Å². The maximum atomic E-state index is 4.85. The van der Waals surface area contributed by atoms with E-state index in [4.69, 9.17) is 9.97 Å². The third-order valence-electron chi connectivity index (χ3n) is 9.00. The number of hydrogen-bond donors (Lipinski definition) is 1. The summed E-state index contributed by atoms with van der Waals surface area (Å²) in [5.74, 6) is 3.57. The Morgan fingerprint density at radius 3 is 2.65 bits per heavy atom. The molecule has 2 aliphatic heterocycles. The highest BCUT2D eigenvalue weighted by Gasteiger charge is 2.45. The van der Waals surface area contributed by atoms with Crippen molar-refractivity contribution in [1.29, 1.82) is 0 Å². The number of fused-ring (bicyclic) bond motifs is 1. The molecule has 4 atom stereocenters. The molecular formula is C28H37N9. The lowest BCUT2D eigenvalue weighted by molar-refractivity contribution is 0.280. The molecule has 0 spiro atoms. The minimum Gasteiger partial charge on any atom is -0.369 e. The molecule has 2 saturated heterocycles. The first-order valence-corrected chi connectivity index (χ1v) is 14.1. The van der Waals surface area contributed by atoms with Gasteiger partial charge in [0.05, 0.1) is 42.2 Å². The molecule has 2 aliphatic carbocycles. The first-order chi connectivity index (χ1) is 18.2. The summed E-state index contributed by atoms with van der Waals surface area (Å²) in [7, 11) is 0. The van der Waals surface area contributed by atoms with E-state index in [0.29, 0.717) is 6.04 Å². The SMILES string of the molecule is CC(c1ccc(N2CCC[C@@H](NCC3CCC3)C2)cn1)n1cc(-c2cncc(N3CC4CC4C3)n2)nn1. The van der Waals surface area contributed by atoms with Gasteiger partial charge in [0.2, 0.25) is 0 Å². The lowest BCUT2D eigenvalue weighted by atomic mass is 9.85. The van der Waals surface area contributed by atoms with E-state index in [1.807, 2.05) is 23.3 Å². The molecule has 37 heavy (non-hydrogen) atoms. The van der Waals surface area contributed by atoms with Gasteiger partial charge in [0.15, 0.2) is 0 Å². The van der Waals surface area contributed by atoms with Gasteiger partial charge in [-0.15, -0.1) is 5.10 Å². The molecule has 9 nitrogen and oxygen atoms in total. The lowest BCUT2D eigenvalue weighted by Crippen LogP contribution is -2.47. The first kappa shape index (κ1) is 23.1. The fourth-order valence-electron chi connectivity index (χ4n) is 6.18. The van der Waals surface area contributed by atoms with Gasteiger partial charge < -0.3 is 15.1 Å². The van der Waals surface area contributed by atoms with Crippen molar-refractivity contribution in [3.8, 4) is 11.4 Å². The van der Waals surface area contributed by atoms with Gasteiger partial charge in [-0.2, -0.15) is 0 Å². The van der Waals surface area contributed by atoms with E-state index in [1.165, 1.54) is 50.8 Å². The van der Waals surface area contributed by atoms with Crippen LogP contribution in [0.2, 0.25) is 0 Å². The number of anilines is 2. The highest BCUT2D eigenvalue weighted by molar-refractivity contribution is 5.55. The van der Waals surface area contributed by atoms with Crippen molar-refractivity contribution in [3.05, 3.63) is 42.6 Å². The van der Waals surface area contributed by atoms with Gasteiger partial charge in [-0.05, 0) is 75.5 Å². The van der Waals surface area contributed by atoms with Crippen molar-refractivity contribution < 1.29 is 0 Å². The number of nitrogens with zero attached hydrogens (tertiary/aromatic N) is 8. The van der Waals surface area contributed by atoms with Crippen LogP contribution in [0.15, 0.2) is 36.9 Å². The average Bonchev–Trinajstić information content (AvgIpc) is 3.28. The number of piperidine rings is 2. The van der Waals surface area contributed by atoms with Gasteiger partial charge in [0.25, 0.3) is 0 Å². The summed E-state index contributed by atoms with van der Waals surface area (Å²) in [6.45, 7) is 7.66. The van der Waals surface area contributed by atoms with Crippen molar-refractivity contribution >= 4 is 11.5 Å². The van der Waals surface area contributed by atoms with E-state index in [1.54, 1.807) is 6.20 Å². The first-order valence-electron chi connectivity index (χ1n) is 14.1. The maximum Gasteiger partial charge on any atom is 0.147 e. The molecular weight excluding hydrogens is 462 g/mol. The third kappa shape index (κ3) is 4.81. The Morgan fingerprint density at radius 2 is 1.86 bits per heavy atom. The summed E-state index contributed by atoms with van der Waals surface area (Å²) in [5.41, 5.74) is 3.70. The fraction of sp³-hybridized carbons (Fsp3) is 0.607. The van der Waals surface area contributed by atoms with Gasteiger partial charge in [-0.3, -0.25) is 9.97 Å². The van der Waals surface area contributed by atoms with Crippen LogP contribution in [-0.2, 0) is 0 Å². The van der Waals surface area contributed by atoms with Crippen LogP contribution in [0.5, 0.6) is 0 Å². The van der Waals surface area contributed by atoms with E-state index in [9.17, 15) is 0 Å². The Hall–Kier alpha value is -3.07. The van der Waals surface area contributed by atoms with Gasteiger partial charge in [0.1, 0.15) is 17.2 Å². The number of pyridine rings is 1. The number of hydrogen-bond acceptors (Lipinski definition) is 8. The van der Waals surface area contributed by atoms with Gasteiger partial charge >= 0.3 is 0 Å². The second kappa shape index (κ2) is 9.67.